The molecule has 0 saturated carbocycles. The number of anilines is 1. The molecule has 1 amide bonds. The molecule has 0 aliphatic carbocycles. The predicted octanol–water partition coefficient (Wildman–Crippen LogP) is 1.25. The summed E-state index contributed by atoms with van der Waals surface area (Å²) < 4.78 is 5.69. The van der Waals surface area contributed by atoms with Gasteiger partial charge in [0.1, 0.15) is 5.95 Å². The molecule has 30 heavy (non-hydrogen) atoms. The fraction of sp³-hybridized carbons (Fsp3) is 0.0526. The van der Waals surface area contributed by atoms with Crippen LogP contribution in [0.25, 0.3) is 5.69 Å². The SMILES string of the molecule is Cc1ccc(N2NOC(=O)/C2=C/N=NC(=O)c2ccc(-[n+]3cc([O-])on3)cc2)cc1. The smallest absolute Gasteiger partial charge is 0.378 e. The fourth-order valence-electron chi connectivity index (χ4n) is 2.58. The lowest BCUT2D eigenvalue weighted by atomic mass is 10.2. The molecule has 1 fully saturated rings. The first-order valence-corrected chi connectivity index (χ1v) is 8.66. The first kappa shape index (κ1) is 19.0. The first-order valence-electron chi connectivity index (χ1n) is 8.66. The van der Waals surface area contributed by atoms with Crippen LogP contribution in [-0.2, 0) is 9.63 Å². The number of rotatable bonds is 4. The fourth-order valence-corrected chi connectivity index (χ4v) is 2.58. The maximum atomic E-state index is 12.2. The van der Waals surface area contributed by atoms with E-state index in [-0.39, 0.29) is 11.3 Å². The van der Waals surface area contributed by atoms with Crippen LogP contribution in [0.4, 0.5) is 5.69 Å². The van der Waals surface area contributed by atoms with Crippen molar-refractivity contribution in [3.63, 3.8) is 0 Å². The number of hydrazine groups is 1. The third-order valence-corrected chi connectivity index (χ3v) is 4.13. The minimum atomic E-state index is -0.659. The van der Waals surface area contributed by atoms with Crippen molar-refractivity contribution in [2.75, 3.05) is 5.01 Å². The summed E-state index contributed by atoms with van der Waals surface area (Å²) in [5.41, 5.74) is 5.05. The summed E-state index contributed by atoms with van der Waals surface area (Å²) >= 11 is 0. The Hall–Kier alpha value is -4.38. The number of amides is 1. The lowest BCUT2D eigenvalue weighted by Crippen LogP contribution is -2.31. The van der Waals surface area contributed by atoms with Gasteiger partial charge in [-0.05, 0) is 35.9 Å². The Morgan fingerprint density at radius 3 is 2.60 bits per heavy atom. The van der Waals surface area contributed by atoms with E-state index in [0.717, 1.165) is 18.0 Å². The van der Waals surface area contributed by atoms with E-state index in [1.54, 1.807) is 24.3 Å². The Bertz CT molecular complexity index is 1150. The van der Waals surface area contributed by atoms with Crippen LogP contribution in [-0.4, -0.2) is 17.1 Å². The van der Waals surface area contributed by atoms with Crippen molar-refractivity contribution in [3.8, 4) is 11.6 Å². The lowest BCUT2D eigenvalue weighted by molar-refractivity contribution is -0.670. The van der Waals surface area contributed by atoms with Crippen molar-refractivity contribution >= 4 is 17.6 Å². The van der Waals surface area contributed by atoms with Crippen molar-refractivity contribution in [1.29, 1.82) is 0 Å². The highest BCUT2D eigenvalue weighted by Gasteiger charge is 2.29. The summed E-state index contributed by atoms with van der Waals surface area (Å²) in [6.07, 6.45) is 2.30. The molecule has 1 N–H and O–H groups in total. The Morgan fingerprint density at radius 2 is 1.93 bits per heavy atom. The van der Waals surface area contributed by atoms with Gasteiger partial charge in [-0.2, -0.15) is 5.11 Å². The maximum Gasteiger partial charge on any atom is 0.378 e. The molecule has 11 heteroatoms. The molecular formula is C19H14N6O5. The standard InChI is InChI=1S/C19H14N6O5/c1-12-2-6-15(7-3-12)25-16(19(28)30-23-25)10-20-21-18(27)13-4-8-14(9-5-13)24-11-17(26)29-22-24/h2-11,23H,1H3/b16-10-,21-20?. The van der Waals surface area contributed by atoms with E-state index in [1.165, 1.54) is 21.8 Å². The van der Waals surface area contributed by atoms with E-state index < -0.39 is 17.8 Å². The van der Waals surface area contributed by atoms with Gasteiger partial charge in [-0.15, -0.1) is 5.11 Å². The quantitative estimate of drug-likeness (QED) is 0.388. The normalized spacial score (nSPS) is 15.2. The molecule has 0 unspecified atom stereocenters. The van der Waals surface area contributed by atoms with E-state index >= 15 is 0 Å². The van der Waals surface area contributed by atoms with Crippen LogP contribution in [0.15, 0.2) is 81.4 Å². The van der Waals surface area contributed by atoms with Gasteiger partial charge in [0, 0.05) is 17.7 Å². The number of nitrogens with one attached hydrogen (secondary N) is 1. The van der Waals surface area contributed by atoms with Gasteiger partial charge in [-0.25, -0.2) is 9.80 Å². The molecule has 1 aliphatic heterocycles. The van der Waals surface area contributed by atoms with Gasteiger partial charge in [0.15, 0.2) is 5.70 Å². The summed E-state index contributed by atoms with van der Waals surface area (Å²) in [4.78, 5) is 28.9. The number of azo groups is 1. The molecule has 0 radical (unpaired) electrons. The number of hydrogen-bond donors (Lipinski definition) is 1. The third-order valence-electron chi connectivity index (χ3n) is 4.13. The Kier molecular flexibility index (Phi) is 5.01. The molecule has 1 saturated heterocycles. The first-order chi connectivity index (χ1) is 14.5. The average molecular weight is 406 g/mol. The van der Waals surface area contributed by atoms with Gasteiger partial charge in [0.05, 0.1) is 17.2 Å². The summed E-state index contributed by atoms with van der Waals surface area (Å²) in [5.74, 6) is -1.86. The van der Waals surface area contributed by atoms with Crippen LogP contribution in [0, 0.1) is 6.92 Å². The molecule has 0 bridgehead atoms. The number of aromatic nitrogens is 2. The van der Waals surface area contributed by atoms with Crippen LogP contribution < -0.4 is 20.4 Å². The van der Waals surface area contributed by atoms with Crippen LogP contribution >= 0.6 is 0 Å². The van der Waals surface area contributed by atoms with Gasteiger partial charge in [-0.3, -0.25) is 4.79 Å². The van der Waals surface area contributed by atoms with Crippen LogP contribution in [0.3, 0.4) is 0 Å². The molecule has 1 aliphatic rings. The Labute approximate surface area is 169 Å². The topological polar surface area (TPSA) is 136 Å². The van der Waals surface area contributed by atoms with Gasteiger partial charge in [-0.1, -0.05) is 23.3 Å². The second-order valence-electron chi connectivity index (χ2n) is 6.20. The molecule has 11 nitrogen and oxygen atoms in total. The number of aryl methyl sites for hydroxylation is 1. The van der Waals surface area contributed by atoms with Gasteiger partial charge in [0.25, 0.3) is 5.91 Å². The summed E-state index contributed by atoms with van der Waals surface area (Å²) in [6, 6.07) is 13.5. The highest BCUT2D eigenvalue weighted by molar-refractivity contribution is 5.95. The zero-order valence-electron chi connectivity index (χ0n) is 15.6. The Balaban J connectivity index is 1.48. The van der Waals surface area contributed by atoms with E-state index in [2.05, 4.69) is 25.6 Å². The number of carbonyl (C=O) groups excluding carboxylic acids is 2. The lowest BCUT2D eigenvalue weighted by Gasteiger charge is -2.14. The molecule has 150 valence electrons. The molecule has 2 aromatic carbocycles. The van der Waals surface area contributed by atoms with E-state index in [4.69, 9.17) is 4.84 Å². The Morgan fingerprint density at radius 1 is 1.20 bits per heavy atom. The van der Waals surface area contributed by atoms with Crippen molar-refractivity contribution in [2.24, 2.45) is 10.2 Å². The largest absolute Gasteiger partial charge is 0.539 e. The van der Waals surface area contributed by atoms with E-state index in [1.807, 2.05) is 19.1 Å². The highest BCUT2D eigenvalue weighted by Crippen LogP contribution is 2.22. The molecule has 1 aromatic heterocycles. The molecule has 3 aromatic rings. The van der Waals surface area contributed by atoms with Crippen molar-refractivity contribution < 1.29 is 28.7 Å². The maximum absolute atomic E-state index is 12.2. The van der Waals surface area contributed by atoms with E-state index in [9.17, 15) is 14.7 Å². The molecule has 0 atom stereocenters. The van der Waals surface area contributed by atoms with Gasteiger partial charge in [0.2, 0.25) is 11.9 Å². The number of nitrogens with zero attached hydrogens (tertiary/aromatic N) is 5. The molecule has 0 spiro atoms. The average Bonchev–Trinajstić information content (AvgIpc) is 3.35. The molecule has 2 heterocycles. The number of benzene rings is 2. The summed E-state index contributed by atoms with van der Waals surface area (Å²) in [7, 11) is 0. The third kappa shape index (κ3) is 3.91. The van der Waals surface area contributed by atoms with Crippen LogP contribution in [0.1, 0.15) is 15.9 Å². The monoisotopic (exact) mass is 406 g/mol. The zero-order valence-corrected chi connectivity index (χ0v) is 15.6. The van der Waals surface area contributed by atoms with Gasteiger partial charge < -0.3 is 14.5 Å². The summed E-state index contributed by atoms with van der Waals surface area (Å²) in [6.45, 7) is 1.94. The second-order valence-corrected chi connectivity index (χ2v) is 6.20. The zero-order chi connectivity index (χ0) is 21.1. The molecular weight excluding hydrogens is 392 g/mol. The predicted molar refractivity (Wildman–Crippen MR) is 97.6 cm³/mol. The minimum absolute atomic E-state index is 0.0709. The second kappa shape index (κ2) is 7.93. The summed E-state index contributed by atoms with van der Waals surface area (Å²) in [5, 5.41) is 23.3. The number of hydrogen-bond acceptors (Lipinski definition) is 9. The van der Waals surface area contributed by atoms with Crippen LogP contribution in [0.5, 0.6) is 5.95 Å². The van der Waals surface area contributed by atoms with E-state index in [0.29, 0.717) is 11.4 Å². The minimum Gasteiger partial charge on any atom is -0.539 e. The highest BCUT2D eigenvalue weighted by atomic mass is 16.7. The van der Waals surface area contributed by atoms with Crippen molar-refractivity contribution in [3.05, 3.63) is 77.8 Å². The van der Waals surface area contributed by atoms with Crippen LogP contribution in [0.2, 0.25) is 0 Å². The van der Waals surface area contributed by atoms with Crippen molar-refractivity contribution in [1.82, 2.24) is 10.9 Å². The molecule has 4 rings (SSSR count). The van der Waals surface area contributed by atoms with Gasteiger partial charge >= 0.3 is 5.97 Å². The van der Waals surface area contributed by atoms with Crippen molar-refractivity contribution in [2.45, 2.75) is 6.92 Å². The number of carbonyl (C=O) groups is 2.